The average molecular weight is 479 g/mol. The maximum atomic E-state index is 12.6. The molecule has 0 atom stereocenters. The number of nitrogens with one attached hydrogen (secondary N) is 1. The highest BCUT2D eigenvalue weighted by molar-refractivity contribution is 8.18. The van der Waals surface area contributed by atoms with E-state index in [1.807, 2.05) is 6.92 Å². The molecule has 0 bridgehead atoms. The standard InChI is InChI=1S/C24H22N4O5S/c1-2-3-10-27-21(30)17-7-6-16(13-18(17)22(27)31)20(29)26-9-11-28-23(32)19(34-24(28)33)12-15-5-4-8-25-14-15/h4-8,12-14H,2-3,9-11H2,1H3,(H,26,29)/b19-12+. The number of unbranched alkanes of at least 4 members (excludes halogenated alkanes) is 1. The van der Waals surface area contributed by atoms with E-state index in [1.54, 1.807) is 30.6 Å². The van der Waals surface area contributed by atoms with Gasteiger partial charge in [0.1, 0.15) is 0 Å². The van der Waals surface area contributed by atoms with E-state index in [4.69, 9.17) is 0 Å². The molecule has 174 valence electrons. The highest BCUT2D eigenvalue weighted by Gasteiger charge is 2.36. The Kier molecular flexibility index (Phi) is 6.87. The van der Waals surface area contributed by atoms with E-state index in [1.165, 1.54) is 23.1 Å². The monoisotopic (exact) mass is 478 g/mol. The Morgan fingerprint density at radius 1 is 1.03 bits per heavy atom. The van der Waals surface area contributed by atoms with Crippen molar-refractivity contribution in [2.24, 2.45) is 0 Å². The molecule has 1 N–H and O–H groups in total. The molecule has 0 saturated carbocycles. The molecule has 34 heavy (non-hydrogen) atoms. The summed E-state index contributed by atoms with van der Waals surface area (Å²) in [7, 11) is 0. The second kappa shape index (κ2) is 10.0. The minimum atomic E-state index is -0.465. The molecular formula is C24H22N4O5S. The van der Waals surface area contributed by atoms with Gasteiger partial charge in [-0.3, -0.25) is 38.8 Å². The zero-order chi connectivity index (χ0) is 24.2. The SMILES string of the molecule is CCCCN1C(=O)c2ccc(C(=O)NCCN3C(=O)S/C(=C/c4cccnc4)C3=O)cc2C1=O. The number of carbonyl (C=O) groups is 5. The Morgan fingerprint density at radius 3 is 2.56 bits per heavy atom. The van der Waals surface area contributed by atoms with E-state index in [9.17, 15) is 24.0 Å². The van der Waals surface area contributed by atoms with Crippen molar-refractivity contribution in [3.05, 3.63) is 69.9 Å². The Balaban J connectivity index is 1.36. The van der Waals surface area contributed by atoms with E-state index in [0.29, 0.717) is 23.4 Å². The Morgan fingerprint density at radius 2 is 1.82 bits per heavy atom. The molecule has 1 fully saturated rings. The van der Waals surface area contributed by atoms with Gasteiger partial charge in [0.15, 0.2) is 0 Å². The molecule has 2 aromatic rings. The maximum Gasteiger partial charge on any atom is 0.293 e. The largest absolute Gasteiger partial charge is 0.350 e. The summed E-state index contributed by atoms with van der Waals surface area (Å²) in [4.78, 5) is 69.0. The molecule has 5 amide bonds. The maximum absolute atomic E-state index is 12.6. The molecule has 4 rings (SSSR count). The summed E-state index contributed by atoms with van der Waals surface area (Å²) in [5.74, 6) is -1.64. The van der Waals surface area contributed by atoms with E-state index < -0.39 is 23.0 Å². The van der Waals surface area contributed by atoms with Gasteiger partial charge in [-0.1, -0.05) is 19.4 Å². The van der Waals surface area contributed by atoms with Crippen LogP contribution in [0.3, 0.4) is 0 Å². The lowest BCUT2D eigenvalue weighted by Gasteiger charge is -2.13. The smallest absolute Gasteiger partial charge is 0.293 e. The fourth-order valence-corrected chi connectivity index (χ4v) is 4.51. The average Bonchev–Trinajstić information content (AvgIpc) is 3.24. The van der Waals surface area contributed by atoms with Gasteiger partial charge in [-0.2, -0.15) is 0 Å². The van der Waals surface area contributed by atoms with Crippen LogP contribution in [0.1, 0.15) is 56.4 Å². The van der Waals surface area contributed by atoms with Crippen molar-refractivity contribution in [1.82, 2.24) is 20.1 Å². The summed E-state index contributed by atoms with van der Waals surface area (Å²) in [5, 5.41) is 2.25. The lowest BCUT2D eigenvalue weighted by Crippen LogP contribution is -2.37. The summed E-state index contributed by atoms with van der Waals surface area (Å²) in [6.45, 7) is 2.37. The fourth-order valence-electron chi connectivity index (χ4n) is 3.64. The van der Waals surface area contributed by atoms with Crippen LogP contribution in [0.15, 0.2) is 47.6 Å². The van der Waals surface area contributed by atoms with Crippen LogP contribution in [0.5, 0.6) is 0 Å². The third-order valence-corrected chi connectivity index (χ3v) is 6.35. The van der Waals surface area contributed by atoms with Crippen molar-refractivity contribution >= 4 is 46.7 Å². The molecule has 10 heteroatoms. The van der Waals surface area contributed by atoms with Crippen LogP contribution < -0.4 is 5.32 Å². The normalized spacial score (nSPS) is 16.6. The van der Waals surface area contributed by atoms with Crippen LogP contribution in [-0.4, -0.2) is 63.3 Å². The zero-order valence-electron chi connectivity index (χ0n) is 18.4. The van der Waals surface area contributed by atoms with E-state index >= 15 is 0 Å². The Hall–Kier alpha value is -3.79. The van der Waals surface area contributed by atoms with Gasteiger partial charge in [0.05, 0.1) is 16.0 Å². The number of rotatable bonds is 8. The second-order valence-corrected chi connectivity index (χ2v) is 8.74. The first-order valence-corrected chi connectivity index (χ1v) is 11.7. The van der Waals surface area contributed by atoms with Gasteiger partial charge >= 0.3 is 0 Å². The van der Waals surface area contributed by atoms with Crippen LogP contribution >= 0.6 is 11.8 Å². The zero-order valence-corrected chi connectivity index (χ0v) is 19.3. The number of amides is 5. The molecule has 0 aliphatic carbocycles. The third kappa shape index (κ3) is 4.62. The van der Waals surface area contributed by atoms with Crippen molar-refractivity contribution in [3.63, 3.8) is 0 Å². The lowest BCUT2D eigenvalue weighted by molar-refractivity contribution is -0.122. The van der Waals surface area contributed by atoms with Crippen molar-refractivity contribution < 1.29 is 24.0 Å². The number of thioether (sulfide) groups is 1. The lowest BCUT2D eigenvalue weighted by atomic mass is 10.1. The van der Waals surface area contributed by atoms with Crippen LogP contribution in [0, 0.1) is 0 Å². The third-order valence-electron chi connectivity index (χ3n) is 5.44. The molecule has 1 saturated heterocycles. The van der Waals surface area contributed by atoms with Crippen LogP contribution in [0.25, 0.3) is 6.08 Å². The van der Waals surface area contributed by atoms with Gasteiger partial charge in [0, 0.05) is 37.6 Å². The fraction of sp³-hybridized carbons (Fsp3) is 0.250. The van der Waals surface area contributed by atoms with Gasteiger partial charge in [-0.05, 0) is 54.1 Å². The van der Waals surface area contributed by atoms with Crippen molar-refractivity contribution in [2.45, 2.75) is 19.8 Å². The van der Waals surface area contributed by atoms with Crippen LogP contribution in [0.4, 0.5) is 4.79 Å². The predicted octanol–water partition coefficient (Wildman–Crippen LogP) is 2.94. The molecule has 2 aliphatic heterocycles. The highest BCUT2D eigenvalue weighted by atomic mass is 32.2. The summed E-state index contributed by atoms with van der Waals surface area (Å²) in [6, 6.07) is 7.89. The number of benzene rings is 1. The van der Waals surface area contributed by atoms with Gasteiger partial charge in [0.2, 0.25) is 0 Å². The Labute approximate surface area is 200 Å². The van der Waals surface area contributed by atoms with Crippen LogP contribution in [-0.2, 0) is 4.79 Å². The number of hydrogen-bond acceptors (Lipinski definition) is 7. The van der Waals surface area contributed by atoms with Gasteiger partial charge in [-0.15, -0.1) is 0 Å². The first kappa shape index (κ1) is 23.4. The minimum Gasteiger partial charge on any atom is -0.350 e. The van der Waals surface area contributed by atoms with Crippen molar-refractivity contribution in [2.75, 3.05) is 19.6 Å². The number of imide groups is 2. The Bertz CT molecular complexity index is 1210. The van der Waals surface area contributed by atoms with Crippen molar-refractivity contribution in [3.8, 4) is 0 Å². The number of carbonyl (C=O) groups excluding carboxylic acids is 5. The summed E-state index contributed by atoms with van der Waals surface area (Å²) >= 11 is 0.835. The number of nitrogens with zero attached hydrogens (tertiary/aromatic N) is 3. The van der Waals surface area contributed by atoms with Gasteiger partial charge in [0.25, 0.3) is 28.9 Å². The molecule has 0 spiro atoms. The number of aromatic nitrogens is 1. The first-order valence-electron chi connectivity index (χ1n) is 10.8. The van der Waals surface area contributed by atoms with Gasteiger partial charge in [-0.25, -0.2) is 0 Å². The van der Waals surface area contributed by atoms with E-state index in [0.717, 1.165) is 23.1 Å². The molecule has 2 aliphatic rings. The molecule has 1 aromatic heterocycles. The molecule has 0 radical (unpaired) electrons. The minimum absolute atomic E-state index is 0.00788. The summed E-state index contributed by atoms with van der Waals surface area (Å²) in [6.07, 6.45) is 6.37. The van der Waals surface area contributed by atoms with E-state index in [2.05, 4.69) is 10.3 Å². The quantitative estimate of drug-likeness (QED) is 0.458. The summed E-state index contributed by atoms with van der Waals surface area (Å²) in [5.41, 5.74) is 1.43. The number of fused-ring (bicyclic) bond motifs is 1. The van der Waals surface area contributed by atoms with Gasteiger partial charge < -0.3 is 5.32 Å². The topological polar surface area (TPSA) is 117 Å². The molecule has 9 nitrogen and oxygen atoms in total. The molecule has 3 heterocycles. The molecule has 0 unspecified atom stereocenters. The van der Waals surface area contributed by atoms with Crippen LogP contribution in [0.2, 0.25) is 0 Å². The van der Waals surface area contributed by atoms with E-state index in [-0.39, 0.29) is 35.7 Å². The highest BCUT2D eigenvalue weighted by Crippen LogP contribution is 2.31. The first-order chi connectivity index (χ1) is 16.4. The molecule has 1 aromatic carbocycles. The van der Waals surface area contributed by atoms with Crippen molar-refractivity contribution in [1.29, 1.82) is 0 Å². The number of hydrogen-bond donors (Lipinski definition) is 1. The summed E-state index contributed by atoms with van der Waals surface area (Å²) < 4.78 is 0. The molecular weight excluding hydrogens is 456 g/mol. The number of pyridine rings is 1. The predicted molar refractivity (Wildman–Crippen MR) is 126 cm³/mol. The second-order valence-electron chi connectivity index (χ2n) is 7.75.